The molecule has 1 N–H and O–H groups in total. The number of aliphatic hydroxyl groups is 1. The summed E-state index contributed by atoms with van der Waals surface area (Å²) in [7, 11) is 1.62. The molecule has 1 fully saturated rings. The lowest BCUT2D eigenvalue weighted by Gasteiger charge is -2.39. The van der Waals surface area contributed by atoms with E-state index in [1.54, 1.807) is 19.2 Å². The zero-order chi connectivity index (χ0) is 13.0. The first-order valence-corrected chi connectivity index (χ1v) is 6.22. The SMILES string of the molecule is COC1(C(O)Cc2ccc(F)cc2)CCOCC1. The molecule has 18 heavy (non-hydrogen) atoms. The van der Waals surface area contributed by atoms with E-state index in [1.807, 2.05) is 0 Å². The Balaban J connectivity index is 2.05. The van der Waals surface area contributed by atoms with Crippen LogP contribution in [0.15, 0.2) is 24.3 Å². The van der Waals surface area contributed by atoms with Crippen LogP contribution in [0.5, 0.6) is 0 Å². The van der Waals surface area contributed by atoms with Gasteiger partial charge in [0.15, 0.2) is 0 Å². The van der Waals surface area contributed by atoms with Gasteiger partial charge >= 0.3 is 0 Å². The molecule has 1 heterocycles. The molecule has 1 aromatic carbocycles. The van der Waals surface area contributed by atoms with Crippen LogP contribution in [0.2, 0.25) is 0 Å². The summed E-state index contributed by atoms with van der Waals surface area (Å²) in [5.74, 6) is -0.263. The maximum absolute atomic E-state index is 12.8. The largest absolute Gasteiger partial charge is 0.390 e. The molecular weight excluding hydrogens is 235 g/mol. The topological polar surface area (TPSA) is 38.7 Å². The molecule has 1 atom stereocenters. The zero-order valence-electron chi connectivity index (χ0n) is 10.6. The van der Waals surface area contributed by atoms with Gasteiger partial charge in [-0.05, 0) is 17.7 Å². The molecule has 1 saturated heterocycles. The number of halogens is 1. The Labute approximate surface area is 107 Å². The molecule has 1 aromatic rings. The minimum atomic E-state index is -0.600. The fourth-order valence-electron chi connectivity index (χ4n) is 2.42. The molecule has 1 aliphatic rings. The second-order valence-corrected chi connectivity index (χ2v) is 4.73. The third-order valence-corrected chi connectivity index (χ3v) is 3.70. The summed E-state index contributed by atoms with van der Waals surface area (Å²) in [5.41, 5.74) is 0.374. The van der Waals surface area contributed by atoms with E-state index in [0.29, 0.717) is 32.5 Å². The van der Waals surface area contributed by atoms with Crippen molar-refractivity contribution in [1.29, 1.82) is 0 Å². The number of rotatable bonds is 4. The maximum atomic E-state index is 12.8. The van der Waals surface area contributed by atoms with Crippen molar-refractivity contribution in [1.82, 2.24) is 0 Å². The molecule has 1 unspecified atom stereocenters. The van der Waals surface area contributed by atoms with Crippen molar-refractivity contribution in [2.24, 2.45) is 0 Å². The number of ether oxygens (including phenoxy) is 2. The van der Waals surface area contributed by atoms with Gasteiger partial charge in [0.2, 0.25) is 0 Å². The van der Waals surface area contributed by atoms with Crippen molar-refractivity contribution in [2.45, 2.75) is 31.0 Å². The summed E-state index contributed by atoms with van der Waals surface area (Å²) in [4.78, 5) is 0. The third kappa shape index (κ3) is 2.88. The maximum Gasteiger partial charge on any atom is 0.123 e. The van der Waals surface area contributed by atoms with Gasteiger partial charge in [0.25, 0.3) is 0 Å². The van der Waals surface area contributed by atoms with Crippen LogP contribution in [-0.2, 0) is 15.9 Å². The van der Waals surface area contributed by atoms with Gasteiger partial charge in [-0.3, -0.25) is 0 Å². The molecule has 0 radical (unpaired) electrons. The Kier molecular flexibility index (Phi) is 4.32. The smallest absolute Gasteiger partial charge is 0.123 e. The van der Waals surface area contributed by atoms with Crippen LogP contribution in [-0.4, -0.2) is 37.1 Å². The molecule has 0 spiro atoms. The summed E-state index contributed by atoms with van der Waals surface area (Å²) in [6.45, 7) is 1.21. The summed E-state index contributed by atoms with van der Waals surface area (Å²) < 4.78 is 23.7. The lowest BCUT2D eigenvalue weighted by atomic mass is 9.85. The summed E-state index contributed by atoms with van der Waals surface area (Å²) in [6.07, 6.45) is 1.24. The summed E-state index contributed by atoms with van der Waals surface area (Å²) in [5, 5.41) is 10.4. The van der Waals surface area contributed by atoms with Gasteiger partial charge in [0.05, 0.1) is 11.7 Å². The van der Waals surface area contributed by atoms with Crippen LogP contribution in [0.4, 0.5) is 4.39 Å². The van der Waals surface area contributed by atoms with Gasteiger partial charge in [-0.25, -0.2) is 4.39 Å². The van der Waals surface area contributed by atoms with Crippen molar-refractivity contribution >= 4 is 0 Å². The highest BCUT2D eigenvalue weighted by Crippen LogP contribution is 2.30. The van der Waals surface area contributed by atoms with Gasteiger partial charge < -0.3 is 14.6 Å². The summed E-state index contributed by atoms with van der Waals surface area (Å²) >= 11 is 0. The van der Waals surface area contributed by atoms with E-state index in [9.17, 15) is 9.50 Å². The average molecular weight is 254 g/mol. The van der Waals surface area contributed by atoms with E-state index >= 15 is 0 Å². The number of aliphatic hydroxyl groups excluding tert-OH is 1. The molecule has 0 aliphatic carbocycles. The first-order chi connectivity index (χ1) is 8.66. The molecule has 0 aromatic heterocycles. The van der Waals surface area contributed by atoms with Crippen LogP contribution in [0.1, 0.15) is 18.4 Å². The Morgan fingerprint density at radius 3 is 2.50 bits per heavy atom. The molecule has 0 amide bonds. The van der Waals surface area contributed by atoms with E-state index in [0.717, 1.165) is 5.56 Å². The number of benzene rings is 1. The van der Waals surface area contributed by atoms with Crippen LogP contribution >= 0.6 is 0 Å². The Morgan fingerprint density at radius 1 is 1.33 bits per heavy atom. The monoisotopic (exact) mass is 254 g/mol. The van der Waals surface area contributed by atoms with Gasteiger partial charge in [-0.2, -0.15) is 0 Å². The van der Waals surface area contributed by atoms with Crippen molar-refractivity contribution in [3.8, 4) is 0 Å². The second kappa shape index (κ2) is 5.78. The average Bonchev–Trinajstić information content (AvgIpc) is 2.42. The number of methoxy groups -OCH3 is 1. The first-order valence-electron chi connectivity index (χ1n) is 6.22. The van der Waals surface area contributed by atoms with Gasteiger partial charge in [-0.15, -0.1) is 0 Å². The third-order valence-electron chi connectivity index (χ3n) is 3.70. The van der Waals surface area contributed by atoms with Gasteiger partial charge in [0, 0.05) is 39.6 Å². The minimum absolute atomic E-state index is 0.263. The highest BCUT2D eigenvalue weighted by atomic mass is 19.1. The molecule has 0 bridgehead atoms. The van der Waals surface area contributed by atoms with E-state index in [2.05, 4.69) is 0 Å². The molecule has 2 rings (SSSR count). The minimum Gasteiger partial charge on any atom is -0.390 e. The fraction of sp³-hybridized carbons (Fsp3) is 0.571. The Morgan fingerprint density at radius 2 is 1.94 bits per heavy atom. The van der Waals surface area contributed by atoms with E-state index in [4.69, 9.17) is 9.47 Å². The first kappa shape index (κ1) is 13.5. The molecule has 1 aliphatic heterocycles. The summed E-state index contributed by atoms with van der Waals surface area (Å²) in [6, 6.07) is 6.21. The highest BCUT2D eigenvalue weighted by molar-refractivity contribution is 5.17. The Bertz CT molecular complexity index is 371. The fourth-order valence-corrected chi connectivity index (χ4v) is 2.42. The standard InChI is InChI=1S/C14H19FO3/c1-17-14(6-8-18-9-7-14)13(16)10-11-2-4-12(15)5-3-11/h2-5,13,16H,6-10H2,1H3. The van der Waals surface area contributed by atoms with Crippen LogP contribution < -0.4 is 0 Å². The second-order valence-electron chi connectivity index (χ2n) is 4.73. The Hall–Kier alpha value is -0.970. The van der Waals surface area contributed by atoms with E-state index < -0.39 is 11.7 Å². The molecule has 3 nitrogen and oxygen atoms in total. The number of hydrogen-bond acceptors (Lipinski definition) is 3. The van der Waals surface area contributed by atoms with Crippen molar-refractivity contribution in [3.05, 3.63) is 35.6 Å². The van der Waals surface area contributed by atoms with Crippen molar-refractivity contribution < 1.29 is 19.0 Å². The van der Waals surface area contributed by atoms with Gasteiger partial charge in [0.1, 0.15) is 5.82 Å². The zero-order valence-corrected chi connectivity index (χ0v) is 10.6. The molecular formula is C14H19FO3. The number of hydrogen-bond donors (Lipinski definition) is 1. The van der Waals surface area contributed by atoms with Crippen molar-refractivity contribution in [2.75, 3.05) is 20.3 Å². The van der Waals surface area contributed by atoms with Crippen LogP contribution in [0.3, 0.4) is 0 Å². The van der Waals surface area contributed by atoms with Gasteiger partial charge in [-0.1, -0.05) is 12.1 Å². The lowest BCUT2D eigenvalue weighted by Crippen LogP contribution is -2.49. The van der Waals surface area contributed by atoms with Crippen LogP contribution in [0, 0.1) is 5.82 Å². The van der Waals surface area contributed by atoms with Crippen molar-refractivity contribution in [3.63, 3.8) is 0 Å². The quantitative estimate of drug-likeness (QED) is 0.892. The molecule has 4 heteroatoms. The van der Waals surface area contributed by atoms with E-state index in [-0.39, 0.29) is 5.82 Å². The predicted octanol–water partition coefficient (Wildman–Crippen LogP) is 1.92. The molecule has 100 valence electrons. The molecule has 0 saturated carbocycles. The predicted molar refractivity (Wildman–Crippen MR) is 65.9 cm³/mol. The van der Waals surface area contributed by atoms with E-state index in [1.165, 1.54) is 12.1 Å². The highest BCUT2D eigenvalue weighted by Gasteiger charge is 2.39. The lowest BCUT2D eigenvalue weighted by molar-refractivity contribution is -0.151. The van der Waals surface area contributed by atoms with Crippen LogP contribution in [0.25, 0.3) is 0 Å². The normalized spacial score (nSPS) is 20.6.